The van der Waals surface area contributed by atoms with Gasteiger partial charge in [-0.25, -0.2) is 0 Å². The van der Waals surface area contributed by atoms with E-state index in [9.17, 15) is 0 Å². The lowest BCUT2D eigenvalue weighted by atomic mass is 9.89. The van der Waals surface area contributed by atoms with E-state index in [-0.39, 0.29) is 6.10 Å². The van der Waals surface area contributed by atoms with Crippen LogP contribution in [0, 0.1) is 5.92 Å². The van der Waals surface area contributed by atoms with Crippen molar-refractivity contribution in [1.82, 2.24) is 10.6 Å². The molecule has 3 heteroatoms. The first kappa shape index (κ1) is 12.4. The van der Waals surface area contributed by atoms with Gasteiger partial charge < -0.3 is 15.4 Å². The Bertz CT molecular complexity index is 344. The van der Waals surface area contributed by atoms with Crippen molar-refractivity contribution in [2.24, 2.45) is 5.92 Å². The summed E-state index contributed by atoms with van der Waals surface area (Å²) in [6.45, 7) is 6.31. The van der Waals surface area contributed by atoms with Crippen LogP contribution in [0.25, 0.3) is 0 Å². The van der Waals surface area contributed by atoms with Crippen LogP contribution in [-0.4, -0.2) is 26.2 Å². The van der Waals surface area contributed by atoms with E-state index in [0.29, 0.717) is 12.0 Å². The predicted octanol–water partition coefficient (Wildman–Crippen LogP) is 1.95. The van der Waals surface area contributed by atoms with Crippen molar-refractivity contribution in [3.8, 4) is 5.75 Å². The third-order valence-corrected chi connectivity index (χ3v) is 3.21. The minimum atomic E-state index is 0.233. The molecule has 1 unspecified atom stereocenters. The summed E-state index contributed by atoms with van der Waals surface area (Å²) in [7, 11) is 2.03. The first-order valence-corrected chi connectivity index (χ1v) is 6.35. The standard InChI is InChI=1S/C14H22N2O/c1-10(2)17-13-6-4-11(5-7-13)14(15-3)12-8-16-9-12/h4-7,10,12,14-16H,8-9H2,1-3H3. The molecular formula is C14H22N2O. The predicted molar refractivity (Wildman–Crippen MR) is 70.4 cm³/mol. The summed E-state index contributed by atoms with van der Waals surface area (Å²) in [6, 6.07) is 8.90. The zero-order valence-electron chi connectivity index (χ0n) is 10.9. The Morgan fingerprint density at radius 3 is 2.29 bits per heavy atom. The van der Waals surface area contributed by atoms with E-state index in [4.69, 9.17) is 4.74 Å². The molecule has 0 spiro atoms. The fraction of sp³-hybridized carbons (Fsp3) is 0.571. The lowest BCUT2D eigenvalue weighted by Gasteiger charge is -2.35. The van der Waals surface area contributed by atoms with Gasteiger partial charge in [-0.2, -0.15) is 0 Å². The molecule has 0 aliphatic carbocycles. The Morgan fingerprint density at radius 1 is 1.24 bits per heavy atom. The van der Waals surface area contributed by atoms with Crippen LogP contribution in [0.15, 0.2) is 24.3 Å². The SMILES string of the molecule is CNC(c1ccc(OC(C)C)cc1)C1CNC1. The van der Waals surface area contributed by atoms with Crippen molar-refractivity contribution in [3.05, 3.63) is 29.8 Å². The maximum atomic E-state index is 5.65. The van der Waals surface area contributed by atoms with Crippen LogP contribution in [0.3, 0.4) is 0 Å². The highest BCUT2D eigenvalue weighted by molar-refractivity contribution is 5.30. The summed E-state index contributed by atoms with van der Waals surface area (Å²) in [5, 5.41) is 6.72. The second-order valence-corrected chi connectivity index (χ2v) is 4.92. The van der Waals surface area contributed by atoms with Crippen molar-refractivity contribution in [2.75, 3.05) is 20.1 Å². The van der Waals surface area contributed by atoms with Crippen LogP contribution in [-0.2, 0) is 0 Å². The van der Waals surface area contributed by atoms with Gasteiger partial charge in [0, 0.05) is 25.0 Å². The van der Waals surface area contributed by atoms with Crippen LogP contribution < -0.4 is 15.4 Å². The Hall–Kier alpha value is -1.06. The van der Waals surface area contributed by atoms with Crippen molar-refractivity contribution in [1.29, 1.82) is 0 Å². The molecule has 94 valence electrons. The third kappa shape index (κ3) is 2.99. The summed E-state index contributed by atoms with van der Waals surface area (Å²) < 4.78 is 5.65. The maximum Gasteiger partial charge on any atom is 0.119 e. The Kier molecular flexibility index (Phi) is 4.02. The monoisotopic (exact) mass is 234 g/mol. The quantitative estimate of drug-likeness (QED) is 0.817. The summed E-state index contributed by atoms with van der Waals surface area (Å²) in [6.07, 6.45) is 0.233. The molecule has 1 aromatic rings. The Labute approximate surface area is 104 Å². The molecule has 0 aromatic heterocycles. The smallest absolute Gasteiger partial charge is 0.119 e. The largest absolute Gasteiger partial charge is 0.491 e. The van der Waals surface area contributed by atoms with E-state index in [0.717, 1.165) is 18.8 Å². The first-order valence-electron chi connectivity index (χ1n) is 6.35. The molecule has 0 saturated carbocycles. The van der Waals surface area contributed by atoms with Gasteiger partial charge in [0.05, 0.1) is 6.10 Å². The number of nitrogens with one attached hydrogen (secondary N) is 2. The molecule has 1 heterocycles. The van der Waals surface area contributed by atoms with Crippen LogP contribution in [0.4, 0.5) is 0 Å². The van der Waals surface area contributed by atoms with Crippen molar-refractivity contribution >= 4 is 0 Å². The first-order chi connectivity index (χ1) is 8.20. The highest BCUT2D eigenvalue weighted by atomic mass is 16.5. The van der Waals surface area contributed by atoms with Crippen molar-refractivity contribution < 1.29 is 4.74 Å². The average Bonchev–Trinajstić information content (AvgIpc) is 2.23. The Balaban J connectivity index is 2.04. The lowest BCUT2D eigenvalue weighted by molar-refractivity contribution is 0.241. The molecule has 1 aliphatic heterocycles. The number of hydrogen-bond donors (Lipinski definition) is 2. The van der Waals surface area contributed by atoms with E-state index < -0.39 is 0 Å². The summed E-state index contributed by atoms with van der Waals surface area (Å²) in [5.41, 5.74) is 1.34. The number of ether oxygens (including phenoxy) is 1. The zero-order chi connectivity index (χ0) is 12.3. The summed E-state index contributed by atoms with van der Waals surface area (Å²) >= 11 is 0. The molecule has 17 heavy (non-hydrogen) atoms. The second kappa shape index (κ2) is 5.52. The minimum absolute atomic E-state index is 0.233. The molecule has 1 saturated heterocycles. The fourth-order valence-corrected chi connectivity index (χ4v) is 2.25. The molecule has 1 fully saturated rings. The van der Waals surface area contributed by atoms with Gasteiger partial charge in [-0.1, -0.05) is 12.1 Å². The van der Waals surface area contributed by atoms with Crippen molar-refractivity contribution in [3.63, 3.8) is 0 Å². The summed E-state index contributed by atoms with van der Waals surface area (Å²) in [4.78, 5) is 0. The Morgan fingerprint density at radius 2 is 1.88 bits per heavy atom. The number of hydrogen-bond acceptors (Lipinski definition) is 3. The van der Waals surface area contributed by atoms with Gasteiger partial charge >= 0.3 is 0 Å². The van der Waals surface area contributed by atoms with E-state index in [1.165, 1.54) is 5.56 Å². The second-order valence-electron chi connectivity index (χ2n) is 4.92. The van der Waals surface area contributed by atoms with Crippen LogP contribution in [0.1, 0.15) is 25.5 Å². The van der Waals surface area contributed by atoms with Gasteiger partial charge in [0.1, 0.15) is 5.75 Å². The van der Waals surface area contributed by atoms with Gasteiger partial charge in [-0.3, -0.25) is 0 Å². The molecule has 1 atom stereocenters. The zero-order valence-corrected chi connectivity index (χ0v) is 10.9. The molecule has 2 rings (SSSR count). The summed E-state index contributed by atoms with van der Waals surface area (Å²) in [5.74, 6) is 1.65. The van der Waals surface area contributed by atoms with E-state index in [1.807, 2.05) is 20.9 Å². The van der Waals surface area contributed by atoms with Gasteiger partial charge in [0.15, 0.2) is 0 Å². The number of benzene rings is 1. The highest BCUT2D eigenvalue weighted by Crippen LogP contribution is 2.26. The third-order valence-electron chi connectivity index (χ3n) is 3.21. The molecule has 0 amide bonds. The van der Waals surface area contributed by atoms with Gasteiger partial charge in [0.2, 0.25) is 0 Å². The minimum Gasteiger partial charge on any atom is -0.491 e. The lowest BCUT2D eigenvalue weighted by Crippen LogP contribution is -2.48. The van der Waals surface area contributed by atoms with Gasteiger partial charge in [-0.05, 0) is 38.6 Å². The molecule has 1 aliphatic rings. The van der Waals surface area contributed by atoms with Gasteiger partial charge in [0.25, 0.3) is 0 Å². The molecule has 0 bridgehead atoms. The van der Waals surface area contributed by atoms with Gasteiger partial charge in [-0.15, -0.1) is 0 Å². The molecular weight excluding hydrogens is 212 g/mol. The molecule has 0 radical (unpaired) electrons. The topological polar surface area (TPSA) is 33.3 Å². The normalized spacial score (nSPS) is 17.9. The van der Waals surface area contributed by atoms with Crippen molar-refractivity contribution in [2.45, 2.75) is 26.0 Å². The molecule has 2 N–H and O–H groups in total. The fourth-order valence-electron chi connectivity index (χ4n) is 2.25. The van der Waals surface area contributed by atoms with E-state index in [1.54, 1.807) is 0 Å². The van der Waals surface area contributed by atoms with Crippen LogP contribution in [0.2, 0.25) is 0 Å². The van der Waals surface area contributed by atoms with E-state index >= 15 is 0 Å². The average molecular weight is 234 g/mol. The highest BCUT2D eigenvalue weighted by Gasteiger charge is 2.26. The molecule has 3 nitrogen and oxygen atoms in total. The number of rotatable bonds is 5. The maximum absolute atomic E-state index is 5.65. The van der Waals surface area contributed by atoms with Crippen LogP contribution >= 0.6 is 0 Å². The molecule has 1 aromatic carbocycles. The van der Waals surface area contributed by atoms with E-state index in [2.05, 4.69) is 34.9 Å². The van der Waals surface area contributed by atoms with Crippen LogP contribution in [0.5, 0.6) is 5.75 Å².